The first-order valence-corrected chi connectivity index (χ1v) is 11.6. The van der Waals surface area contributed by atoms with Crippen LogP contribution >= 0.6 is 0 Å². The lowest BCUT2D eigenvalue weighted by Gasteiger charge is -2.16. The normalized spacial score (nSPS) is 12.9. The summed E-state index contributed by atoms with van der Waals surface area (Å²) < 4.78 is 17.2. The fourth-order valence-electron chi connectivity index (χ4n) is 4.50. The van der Waals surface area contributed by atoms with Gasteiger partial charge in [0.25, 0.3) is 0 Å². The predicted octanol–water partition coefficient (Wildman–Crippen LogP) is 6.75. The van der Waals surface area contributed by atoms with Crippen LogP contribution < -0.4 is 14.2 Å². The average Bonchev–Trinajstić information content (AvgIpc) is 2.87. The van der Waals surface area contributed by atoms with Crippen molar-refractivity contribution in [2.24, 2.45) is 0 Å². The van der Waals surface area contributed by atoms with E-state index in [0.717, 1.165) is 65.0 Å². The number of phenolic OH excluding ortho intramolecular Hbond substituents is 1. The van der Waals surface area contributed by atoms with Crippen LogP contribution in [-0.4, -0.2) is 19.3 Å². The molecule has 4 aliphatic heterocycles. The molecule has 4 nitrogen and oxygen atoms in total. The van der Waals surface area contributed by atoms with Crippen LogP contribution in [0.15, 0.2) is 78.9 Å². The predicted molar refractivity (Wildman–Crippen MR) is 134 cm³/mol. The van der Waals surface area contributed by atoms with Gasteiger partial charge in [-0.25, -0.2) is 0 Å². The van der Waals surface area contributed by atoms with Crippen LogP contribution in [0.1, 0.15) is 22.3 Å². The van der Waals surface area contributed by atoms with Gasteiger partial charge in [0.1, 0.15) is 17.2 Å². The highest BCUT2D eigenvalue weighted by Crippen LogP contribution is 2.36. The van der Waals surface area contributed by atoms with E-state index in [1.54, 1.807) is 14.2 Å². The molecule has 1 N–H and O–H groups in total. The number of ether oxygens (including phenoxy) is 3. The average molecular weight is 453 g/mol. The Bertz CT molecular complexity index is 1310. The molecule has 0 fully saturated rings. The lowest BCUT2D eigenvalue weighted by Crippen LogP contribution is -1.98. The Morgan fingerprint density at radius 3 is 2.06 bits per heavy atom. The summed E-state index contributed by atoms with van der Waals surface area (Å²) in [4.78, 5) is 0. The second-order valence-corrected chi connectivity index (χ2v) is 8.61. The standard InChI is InChI=1S/C30H28O4/c1-32-25-13-15-26-23(19-25)10-5-20-6-11-24(12-7-20)34-30-18-22(9-16-29(30)33-2)4-3-21-8-14-27(26)28(31)17-21/h6-9,11-19,31H,3-5,10H2,1-2H3. The first-order valence-electron chi connectivity index (χ1n) is 11.6. The van der Waals surface area contributed by atoms with Crippen LogP contribution in [0.25, 0.3) is 11.1 Å². The summed E-state index contributed by atoms with van der Waals surface area (Å²) in [6.45, 7) is 0. The van der Waals surface area contributed by atoms with Crippen LogP contribution in [-0.2, 0) is 25.7 Å². The van der Waals surface area contributed by atoms with Crippen molar-refractivity contribution in [3.63, 3.8) is 0 Å². The van der Waals surface area contributed by atoms with Gasteiger partial charge >= 0.3 is 0 Å². The zero-order chi connectivity index (χ0) is 23.5. The van der Waals surface area contributed by atoms with Crippen molar-refractivity contribution in [3.8, 4) is 39.9 Å². The molecule has 0 saturated carbocycles. The van der Waals surface area contributed by atoms with Crippen molar-refractivity contribution >= 4 is 0 Å². The molecule has 4 aliphatic rings. The number of aromatic hydroxyl groups is 1. The van der Waals surface area contributed by atoms with E-state index in [1.807, 2.05) is 48.5 Å². The highest BCUT2D eigenvalue weighted by Gasteiger charge is 2.14. The van der Waals surface area contributed by atoms with Crippen LogP contribution in [0.5, 0.6) is 28.7 Å². The third kappa shape index (κ3) is 4.58. The molecule has 6 bridgehead atoms. The molecule has 0 radical (unpaired) electrons. The molecule has 0 amide bonds. The zero-order valence-corrected chi connectivity index (χ0v) is 19.5. The van der Waals surface area contributed by atoms with E-state index in [9.17, 15) is 5.11 Å². The van der Waals surface area contributed by atoms with E-state index in [-0.39, 0.29) is 0 Å². The number of hydrogen-bond donors (Lipinski definition) is 1. The van der Waals surface area contributed by atoms with E-state index in [0.29, 0.717) is 17.2 Å². The number of methoxy groups -OCH3 is 2. The Balaban J connectivity index is 1.58. The topological polar surface area (TPSA) is 47.9 Å². The lowest BCUT2D eigenvalue weighted by atomic mass is 9.93. The van der Waals surface area contributed by atoms with Gasteiger partial charge in [0.15, 0.2) is 11.5 Å². The van der Waals surface area contributed by atoms with Crippen molar-refractivity contribution in [1.82, 2.24) is 0 Å². The van der Waals surface area contributed by atoms with Crippen molar-refractivity contribution in [1.29, 1.82) is 0 Å². The largest absolute Gasteiger partial charge is 0.507 e. The Kier molecular flexibility index (Phi) is 6.13. The molecule has 4 aromatic carbocycles. The van der Waals surface area contributed by atoms with Crippen LogP contribution in [0, 0.1) is 0 Å². The molecule has 8 rings (SSSR count). The van der Waals surface area contributed by atoms with Crippen molar-refractivity contribution in [3.05, 3.63) is 101 Å². The number of phenols is 1. The van der Waals surface area contributed by atoms with Gasteiger partial charge in [-0.15, -0.1) is 0 Å². The molecule has 0 aliphatic carbocycles. The highest BCUT2D eigenvalue weighted by atomic mass is 16.5. The monoisotopic (exact) mass is 452 g/mol. The van der Waals surface area contributed by atoms with Crippen LogP contribution in [0.4, 0.5) is 0 Å². The Labute approximate surface area is 200 Å². The molecular weight excluding hydrogens is 424 g/mol. The third-order valence-electron chi connectivity index (χ3n) is 6.43. The van der Waals surface area contributed by atoms with E-state index in [2.05, 4.69) is 30.3 Å². The summed E-state index contributed by atoms with van der Waals surface area (Å²) in [6.07, 6.45) is 3.32. The Morgan fingerprint density at radius 2 is 1.32 bits per heavy atom. The molecule has 0 saturated heterocycles. The number of benzene rings is 4. The van der Waals surface area contributed by atoms with Gasteiger partial charge in [-0.05, 0) is 96.0 Å². The maximum absolute atomic E-state index is 10.9. The minimum Gasteiger partial charge on any atom is -0.507 e. The molecule has 4 heteroatoms. The van der Waals surface area contributed by atoms with Gasteiger partial charge in [0.2, 0.25) is 0 Å². The summed E-state index contributed by atoms with van der Waals surface area (Å²) in [7, 11) is 3.33. The van der Waals surface area contributed by atoms with Gasteiger partial charge < -0.3 is 19.3 Å². The third-order valence-corrected chi connectivity index (χ3v) is 6.43. The molecule has 0 spiro atoms. The van der Waals surface area contributed by atoms with E-state index in [1.165, 1.54) is 5.56 Å². The summed E-state index contributed by atoms with van der Waals surface area (Å²) >= 11 is 0. The molecule has 4 aromatic rings. The Morgan fingerprint density at radius 1 is 0.647 bits per heavy atom. The van der Waals surface area contributed by atoms with Gasteiger partial charge in [0, 0.05) is 5.56 Å². The minimum absolute atomic E-state index is 0.299. The summed E-state index contributed by atoms with van der Waals surface area (Å²) in [5, 5.41) is 10.9. The number of hydrogen-bond acceptors (Lipinski definition) is 4. The van der Waals surface area contributed by atoms with Crippen LogP contribution in [0.2, 0.25) is 0 Å². The summed E-state index contributed by atoms with van der Waals surface area (Å²) in [6, 6.07) is 26.3. The summed E-state index contributed by atoms with van der Waals surface area (Å²) in [5.74, 6) is 3.30. The fraction of sp³-hybridized carbons (Fsp3) is 0.200. The lowest BCUT2D eigenvalue weighted by molar-refractivity contribution is 0.378. The van der Waals surface area contributed by atoms with Crippen molar-refractivity contribution < 1.29 is 19.3 Å². The molecule has 172 valence electrons. The van der Waals surface area contributed by atoms with E-state index >= 15 is 0 Å². The maximum Gasteiger partial charge on any atom is 0.169 e. The molecule has 4 heterocycles. The van der Waals surface area contributed by atoms with Crippen molar-refractivity contribution in [2.75, 3.05) is 14.2 Å². The fourth-order valence-corrected chi connectivity index (χ4v) is 4.50. The van der Waals surface area contributed by atoms with Gasteiger partial charge in [-0.3, -0.25) is 0 Å². The molecule has 0 atom stereocenters. The molecular formula is C30H28O4. The first-order chi connectivity index (χ1) is 16.6. The SMILES string of the molecule is COc1ccc2c(c1)CCc1ccc(cc1)Oc1cc(ccc1OC)CCc1ccc-2c(O)c1. The van der Waals surface area contributed by atoms with Crippen molar-refractivity contribution in [2.45, 2.75) is 25.7 Å². The van der Waals surface area contributed by atoms with E-state index < -0.39 is 0 Å². The highest BCUT2D eigenvalue weighted by molar-refractivity contribution is 5.74. The first kappa shape index (κ1) is 21.9. The Hall–Kier alpha value is -3.92. The van der Waals surface area contributed by atoms with Gasteiger partial charge in [0.05, 0.1) is 14.2 Å². The minimum atomic E-state index is 0.299. The maximum atomic E-state index is 10.9. The molecule has 34 heavy (non-hydrogen) atoms. The molecule has 0 unspecified atom stereocenters. The zero-order valence-electron chi connectivity index (χ0n) is 19.5. The smallest absolute Gasteiger partial charge is 0.169 e. The van der Waals surface area contributed by atoms with Gasteiger partial charge in [-0.2, -0.15) is 0 Å². The van der Waals surface area contributed by atoms with Gasteiger partial charge in [-0.1, -0.05) is 36.4 Å². The van der Waals surface area contributed by atoms with E-state index in [4.69, 9.17) is 14.2 Å². The quantitative estimate of drug-likeness (QED) is 0.365. The number of rotatable bonds is 2. The summed E-state index contributed by atoms with van der Waals surface area (Å²) in [5.41, 5.74) is 6.47. The second kappa shape index (κ2) is 9.52. The second-order valence-electron chi connectivity index (χ2n) is 8.61. The number of aryl methyl sites for hydroxylation is 4. The molecule has 0 aromatic heterocycles. The van der Waals surface area contributed by atoms with Crippen LogP contribution in [0.3, 0.4) is 0 Å².